The van der Waals surface area contributed by atoms with Gasteiger partial charge in [-0.15, -0.1) is 0 Å². The van der Waals surface area contributed by atoms with Crippen molar-refractivity contribution in [1.29, 1.82) is 0 Å². The lowest BCUT2D eigenvalue weighted by Gasteiger charge is -2.16. The number of nitrogen functional groups attached to an aromatic ring is 1. The van der Waals surface area contributed by atoms with Gasteiger partial charge >= 0.3 is 11.9 Å². The average molecular weight is 374 g/mol. The number of carbonyl (C=O) groups is 2. The Kier molecular flexibility index (Phi) is 4.55. The zero-order chi connectivity index (χ0) is 19.7. The van der Waals surface area contributed by atoms with E-state index < -0.39 is 11.9 Å². The SMILES string of the molecule is NNc1c(C(=O)O)cccc1C(=O)OCC1c2ccccc2-c2ccccc21. The number of aromatic carboxylic acids is 1. The fourth-order valence-corrected chi connectivity index (χ4v) is 3.73. The van der Waals surface area contributed by atoms with Crippen LogP contribution in [-0.2, 0) is 4.74 Å². The van der Waals surface area contributed by atoms with Gasteiger partial charge in [0.2, 0.25) is 0 Å². The smallest absolute Gasteiger partial charge is 0.340 e. The molecule has 28 heavy (non-hydrogen) atoms. The number of fused-ring (bicyclic) bond motifs is 3. The fourth-order valence-electron chi connectivity index (χ4n) is 3.73. The highest BCUT2D eigenvalue weighted by atomic mass is 16.5. The van der Waals surface area contributed by atoms with E-state index in [0.717, 1.165) is 22.3 Å². The summed E-state index contributed by atoms with van der Waals surface area (Å²) in [5.41, 5.74) is 6.81. The molecule has 0 atom stereocenters. The van der Waals surface area contributed by atoms with E-state index in [4.69, 9.17) is 10.6 Å². The Morgan fingerprint density at radius 1 is 0.893 bits per heavy atom. The molecule has 0 spiro atoms. The molecule has 4 rings (SSSR count). The van der Waals surface area contributed by atoms with Gasteiger partial charge in [0.05, 0.1) is 16.8 Å². The first-order chi connectivity index (χ1) is 13.6. The zero-order valence-corrected chi connectivity index (χ0v) is 14.9. The third kappa shape index (κ3) is 2.90. The second-order valence-corrected chi connectivity index (χ2v) is 6.50. The first-order valence-electron chi connectivity index (χ1n) is 8.80. The van der Waals surface area contributed by atoms with Gasteiger partial charge < -0.3 is 15.3 Å². The molecular formula is C22H18N2O4. The maximum atomic E-state index is 12.7. The van der Waals surface area contributed by atoms with Crippen molar-refractivity contribution in [3.8, 4) is 11.1 Å². The van der Waals surface area contributed by atoms with Crippen LogP contribution in [0.5, 0.6) is 0 Å². The molecule has 1 aliphatic carbocycles. The van der Waals surface area contributed by atoms with Crippen LogP contribution in [0.25, 0.3) is 11.1 Å². The topological polar surface area (TPSA) is 102 Å². The van der Waals surface area contributed by atoms with Gasteiger partial charge in [0.25, 0.3) is 0 Å². The highest BCUT2D eigenvalue weighted by molar-refractivity contribution is 6.03. The molecule has 140 valence electrons. The van der Waals surface area contributed by atoms with Gasteiger partial charge in [-0.3, -0.25) is 5.84 Å². The standard InChI is InChI=1S/C22H18N2O4/c23-24-20-17(21(25)26)10-5-11-18(20)22(27)28-12-19-15-8-3-1-6-13(15)14-7-2-4-9-16(14)19/h1-11,19,24H,12,23H2,(H,25,26). The Bertz CT molecular complexity index is 1030. The molecule has 6 nitrogen and oxygen atoms in total. The summed E-state index contributed by atoms with van der Waals surface area (Å²) >= 11 is 0. The normalized spacial score (nSPS) is 12.2. The van der Waals surface area contributed by atoms with Gasteiger partial charge in [-0.1, -0.05) is 54.6 Å². The molecule has 0 saturated heterocycles. The van der Waals surface area contributed by atoms with Crippen LogP contribution in [0.3, 0.4) is 0 Å². The minimum Gasteiger partial charge on any atom is -0.478 e. The van der Waals surface area contributed by atoms with Crippen LogP contribution in [0.4, 0.5) is 5.69 Å². The van der Waals surface area contributed by atoms with Gasteiger partial charge in [0.15, 0.2) is 0 Å². The minimum atomic E-state index is -1.18. The Labute approximate surface area is 161 Å². The zero-order valence-electron chi connectivity index (χ0n) is 14.9. The van der Waals surface area contributed by atoms with Crippen molar-refractivity contribution in [3.05, 3.63) is 89.0 Å². The van der Waals surface area contributed by atoms with E-state index in [0.29, 0.717) is 0 Å². The molecule has 0 aliphatic heterocycles. The molecular weight excluding hydrogens is 356 g/mol. The number of nitrogens with one attached hydrogen (secondary N) is 1. The van der Waals surface area contributed by atoms with E-state index in [1.54, 1.807) is 0 Å². The number of esters is 1. The largest absolute Gasteiger partial charge is 0.478 e. The molecule has 0 aromatic heterocycles. The lowest BCUT2D eigenvalue weighted by Crippen LogP contribution is -2.19. The molecule has 3 aromatic rings. The quantitative estimate of drug-likeness (QED) is 0.358. The van der Waals surface area contributed by atoms with Crippen LogP contribution < -0.4 is 11.3 Å². The van der Waals surface area contributed by atoms with Crippen molar-refractivity contribution < 1.29 is 19.4 Å². The second kappa shape index (κ2) is 7.17. The second-order valence-electron chi connectivity index (χ2n) is 6.50. The molecule has 0 bridgehead atoms. The van der Waals surface area contributed by atoms with E-state index in [9.17, 15) is 14.7 Å². The van der Waals surface area contributed by atoms with Crippen molar-refractivity contribution in [3.63, 3.8) is 0 Å². The molecule has 4 N–H and O–H groups in total. The number of rotatable bonds is 5. The molecule has 0 unspecified atom stereocenters. The van der Waals surface area contributed by atoms with Crippen molar-refractivity contribution in [2.45, 2.75) is 5.92 Å². The number of hydrogen-bond acceptors (Lipinski definition) is 5. The van der Waals surface area contributed by atoms with Gasteiger partial charge in [0.1, 0.15) is 6.61 Å². The number of hydrogen-bond donors (Lipinski definition) is 3. The van der Waals surface area contributed by atoms with E-state index in [1.165, 1.54) is 18.2 Å². The number of anilines is 1. The summed E-state index contributed by atoms with van der Waals surface area (Å²) in [6.45, 7) is 0.147. The number of nitrogens with two attached hydrogens (primary N) is 1. The summed E-state index contributed by atoms with van der Waals surface area (Å²) in [7, 11) is 0. The highest BCUT2D eigenvalue weighted by Gasteiger charge is 2.29. The van der Waals surface area contributed by atoms with Crippen molar-refractivity contribution in [2.24, 2.45) is 5.84 Å². The summed E-state index contributed by atoms with van der Waals surface area (Å²) in [5.74, 6) is 3.57. The van der Waals surface area contributed by atoms with Crippen molar-refractivity contribution in [2.75, 3.05) is 12.0 Å². The van der Waals surface area contributed by atoms with Crippen LogP contribution in [0.2, 0.25) is 0 Å². The van der Waals surface area contributed by atoms with Crippen LogP contribution in [0.15, 0.2) is 66.7 Å². The number of hydrazine groups is 1. The van der Waals surface area contributed by atoms with Gasteiger partial charge in [0, 0.05) is 5.92 Å². The number of carboxylic acids is 1. The summed E-state index contributed by atoms with van der Waals surface area (Å²) in [6, 6.07) is 20.4. The average Bonchev–Trinajstić information content (AvgIpc) is 3.05. The van der Waals surface area contributed by atoms with E-state index in [1.807, 2.05) is 36.4 Å². The lowest BCUT2D eigenvalue weighted by atomic mass is 9.98. The summed E-state index contributed by atoms with van der Waals surface area (Å²) in [5, 5.41) is 9.28. The maximum absolute atomic E-state index is 12.7. The predicted molar refractivity (Wildman–Crippen MR) is 105 cm³/mol. The van der Waals surface area contributed by atoms with Gasteiger partial charge in [-0.05, 0) is 34.4 Å². The summed E-state index contributed by atoms with van der Waals surface area (Å²) in [6.07, 6.45) is 0. The lowest BCUT2D eigenvalue weighted by molar-refractivity contribution is 0.0494. The molecule has 0 saturated carbocycles. The maximum Gasteiger partial charge on any atom is 0.340 e. The molecule has 1 aliphatic rings. The number of ether oxygens (including phenoxy) is 1. The van der Waals surface area contributed by atoms with Gasteiger partial charge in [-0.2, -0.15) is 0 Å². The fraction of sp³-hybridized carbons (Fsp3) is 0.0909. The number of para-hydroxylation sites is 1. The Balaban J connectivity index is 1.62. The van der Waals surface area contributed by atoms with E-state index in [2.05, 4.69) is 17.6 Å². The minimum absolute atomic E-state index is 0.0345. The van der Waals surface area contributed by atoms with Crippen molar-refractivity contribution >= 4 is 17.6 Å². The van der Waals surface area contributed by atoms with E-state index in [-0.39, 0.29) is 29.3 Å². The van der Waals surface area contributed by atoms with Crippen LogP contribution in [0.1, 0.15) is 37.8 Å². The number of carbonyl (C=O) groups excluding carboxylic acids is 1. The van der Waals surface area contributed by atoms with Crippen LogP contribution >= 0.6 is 0 Å². The van der Waals surface area contributed by atoms with Gasteiger partial charge in [-0.25, -0.2) is 9.59 Å². The first kappa shape index (κ1) is 17.8. The molecule has 0 fully saturated rings. The first-order valence-corrected chi connectivity index (χ1v) is 8.80. The molecule has 6 heteroatoms. The Morgan fingerprint density at radius 2 is 1.46 bits per heavy atom. The highest BCUT2D eigenvalue weighted by Crippen LogP contribution is 2.44. The molecule has 0 amide bonds. The third-order valence-corrected chi connectivity index (χ3v) is 5.00. The Hall–Kier alpha value is -3.64. The third-order valence-electron chi connectivity index (χ3n) is 5.00. The molecule has 3 aromatic carbocycles. The van der Waals surface area contributed by atoms with Crippen LogP contribution in [-0.4, -0.2) is 23.7 Å². The predicted octanol–water partition coefficient (Wildman–Crippen LogP) is 3.64. The monoisotopic (exact) mass is 374 g/mol. The summed E-state index contributed by atoms with van der Waals surface area (Å²) in [4.78, 5) is 24.0. The number of carboxylic acid groups (broad SMARTS) is 1. The molecule has 0 radical (unpaired) electrons. The molecule has 0 heterocycles. The summed E-state index contributed by atoms with van der Waals surface area (Å²) < 4.78 is 5.58. The van der Waals surface area contributed by atoms with Crippen LogP contribution in [0, 0.1) is 0 Å². The Morgan fingerprint density at radius 3 is 2.04 bits per heavy atom. The number of benzene rings is 3. The van der Waals surface area contributed by atoms with Crippen molar-refractivity contribution in [1.82, 2.24) is 0 Å². The van der Waals surface area contributed by atoms with E-state index >= 15 is 0 Å².